The first kappa shape index (κ1) is 15.5. The molecule has 3 N–H and O–H groups in total. The van der Waals surface area contributed by atoms with Crippen LogP contribution in [0.15, 0.2) is 29.4 Å². The molecule has 7 heteroatoms. The van der Waals surface area contributed by atoms with Crippen molar-refractivity contribution in [2.24, 2.45) is 10.9 Å². The minimum atomic E-state index is 0.0120. The van der Waals surface area contributed by atoms with Crippen LogP contribution < -0.4 is 10.5 Å². The fourth-order valence-corrected chi connectivity index (χ4v) is 2.90. The summed E-state index contributed by atoms with van der Waals surface area (Å²) in [6.45, 7) is 1.63. The molecule has 1 saturated heterocycles. The molecule has 1 fully saturated rings. The zero-order chi connectivity index (χ0) is 15.1. The molecule has 1 heterocycles. The Morgan fingerprint density at radius 2 is 2.10 bits per heavy atom. The number of amides is 1. The number of oxime groups is 1. The molecule has 0 spiro atoms. The fourth-order valence-electron chi connectivity index (χ4n) is 2.01. The maximum absolute atomic E-state index is 12.1. The summed E-state index contributed by atoms with van der Waals surface area (Å²) < 4.78 is 5.49. The standard InChI is InChI=1S/C14H19N3O3S/c15-14(16-19)11-2-4-12(5-3-11)20-10-13(18)17-6-1-8-21-9-7-17/h2-5,19H,1,6-10H2,(H2,15,16). The first-order valence-corrected chi connectivity index (χ1v) is 7.92. The molecule has 1 aliphatic heterocycles. The lowest BCUT2D eigenvalue weighted by Crippen LogP contribution is -2.36. The zero-order valence-corrected chi connectivity index (χ0v) is 12.5. The van der Waals surface area contributed by atoms with E-state index in [1.165, 1.54) is 0 Å². The van der Waals surface area contributed by atoms with Crippen molar-refractivity contribution >= 4 is 23.5 Å². The Morgan fingerprint density at radius 1 is 1.33 bits per heavy atom. The van der Waals surface area contributed by atoms with E-state index in [4.69, 9.17) is 15.7 Å². The summed E-state index contributed by atoms with van der Waals surface area (Å²) in [5, 5.41) is 11.5. The largest absolute Gasteiger partial charge is 0.484 e. The smallest absolute Gasteiger partial charge is 0.260 e. The third kappa shape index (κ3) is 4.56. The minimum absolute atomic E-state index is 0.0120. The van der Waals surface area contributed by atoms with Gasteiger partial charge in [-0.25, -0.2) is 0 Å². The Morgan fingerprint density at radius 3 is 2.81 bits per heavy atom. The van der Waals surface area contributed by atoms with Gasteiger partial charge in [0.1, 0.15) is 5.75 Å². The molecule has 0 unspecified atom stereocenters. The van der Waals surface area contributed by atoms with Gasteiger partial charge in [-0.1, -0.05) is 5.16 Å². The molecule has 0 saturated carbocycles. The molecule has 2 rings (SSSR count). The van der Waals surface area contributed by atoms with Crippen LogP contribution in [0.1, 0.15) is 12.0 Å². The summed E-state index contributed by atoms with van der Waals surface area (Å²) in [5.74, 6) is 2.74. The van der Waals surface area contributed by atoms with Crippen molar-refractivity contribution in [3.8, 4) is 5.75 Å². The molecule has 1 amide bonds. The summed E-state index contributed by atoms with van der Waals surface area (Å²) in [6, 6.07) is 6.74. The molecular formula is C14H19N3O3S. The third-order valence-corrected chi connectivity index (χ3v) is 4.24. The van der Waals surface area contributed by atoms with E-state index in [0.717, 1.165) is 31.0 Å². The van der Waals surface area contributed by atoms with Gasteiger partial charge in [-0.2, -0.15) is 11.8 Å². The minimum Gasteiger partial charge on any atom is -0.484 e. The van der Waals surface area contributed by atoms with Gasteiger partial charge in [0.2, 0.25) is 0 Å². The van der Waals surface area contributed by atoms with Gasteiger partial charge in [0.05, 0.1) is 0 Å². The second-order valence-electron chi connectivity index (χ2n) is 4.65. The van der Waals surface area contributed by atoms with Crippen molar-refractivity contribution in [3.63, 3.8) is 0 Å². The average molecular weight is 309 g/mol. The van der Waals surface area contributed by atoms with E-state index >= 15 is 0 Å². The van der Waals surface area contributed by atoms with Crippen LogP contribution in [0.5, 0.6) is 5.75 Å². The highest BCUT2D eigenvalue weighted by Gasteiger charge is 2.16. The molecule has 0 atom stereocenters. The van der Waals surface area contributed by atoms with Gasteiger partial charge in [0.25, 0.3) is 5.91 Å². The number of carbonyl (C=O) groups is 1. The quantitative estimate of drug-likeness (QED) is 0.377. The van der Waals surface area contributed by atoms with E-state index in [0.29, 0.717) is 11.3 Å². The molecule has 1 aromatic carbocycles. The highest BCUT2D eigenvalue weighted by Crippen LogP contribution is 2.13. The number of amidine groups is 1. The molecule has 114 valence electrons. The van der Waals surface area contributed by atoms with Crippen molar-refractivity contribution in [2.45, 2.75) is 6.42 Å². The van der Waals surface area contributed by atoms with Crippen molar-refractivity contribution in [1.29, 1.82) is 0 Å². The van der Waals surface area contributed by atoms with Crippen LogP contribution in [-0.4, -0.2) is 53.1 Å². The summed E-state index contributed by atoms with van der Waals surface area (Å²) in [6.07, 6.45) is 1.03. The topological polar surface area (TPSA) is 88.1 Å². The van der Waals surface area contributed by atoms with Gasteiger partial charge < -0.3 is 20.6 Å². The maximum Gasteiger partial charge on any atom is 0.260 e. The Bertz CT molecular complexity index is 497. The van der Waals surface area contributed by atoms with Gasteiger partial charge >= 0.3 is 0 Å². The van der Waals surface area contributed by atoms with E-state index in [1.54, 1.807) is 24.3 Å². The van der Waals surface area contributed by atoms with Gasteiger partial charge in [0.15, 0.2) is 12.4 Å². The Hall–Kier alpha value is -1.89. The van der Waals surface area contributed by atoms with Crippen molar-refractivity contribution < 1.29 is 14.7 Å². The Balaban J connectivity index is 1.86. The van der Waals surface area contributed by atoms with E-state index in [1.807, 2.05) is 16.7 Å². The normalized spacial score (nSPS) is 16.4. The average Bonchev–Trinajstić information content (AvgIpc) is 2.81. The van der Waals surface area contributed by atoms with Crippen molar-refractivity contribution in [3.05, 3.63) is 29.8 Å². The third-order valence-electron chi connectivity index (χ3n) is 3.20. The van der Waals surface area contributed by atoms with Gasteiger partial charge in [-0.05, 0) is 36.4 Å². The van der Waals surface area contributed by atoms with Crippen LogP contribution in [0.2, 0.25) is 0 Å². The SMILES string of the molecule is NC(=NO)c1ccc(OCC(=O)N2CCCSCC2)cc1. The lowest BCUT2D eigenvalue weighted by Gasteiger charge is -2.20. The van der Waals surface area contributed by atoms with Crippen molar-refractivity contribution in [2.75, 3.05) is 31.2 Å². The Kier molecular flexibility index (Phi) is 5.74. The van der Waals surface area contributed by atoms with E-state index in [-0.39, 0.29) is 18.3 Å². The predicted octanol–water partition coefficient (Wildman–Crippen LogP) is 1.13. The van der Waals surface area contributed by atoms with Crippen LogP contribution in [0.4, 0.5) is 0 Å². The second kappa shape index (κ2) is 7.78. The first-order valence-electron chi connectivity index (χ1n) is 6.77. The van der Waals surface area contributed by atoms with Crippen LogP contribution in [0.25, 0.3) is 0 Å². The lowest BCUT2D eigenvalue weighted by molar-refractivity contribution is -0.133. The lowest BCUT2D eigenvalue weighted by atomic mass is 10.2. The zero-order valence-electron chi connectivity index (χ0n) is 11.7. The molecular weight excluding hydrogens is 290 g/mol. The molecule has 1 aliphatic rings. The van der Waals surface area contributed by atoms with Gasteiger partial charge in [-0.3, -0.25) is 4.79 Å². The van der Waals surface area contributed by atoms with Crippen LogP contribution in [0, 0.1) is 0 Å². The number of rotatable bonds is 4. The fraction of sp³-hybridized carbons (Fsp3) is 0.429. The summed E-state index contributed by atoms with van der Waals surface area (Å²) in [4.78, 5) is 13.9. The second-order valence-corrected chi connectivity index (χ2v) is 5.87. The monoisotopic (exact) mass is 309 g/mol. The van der Waals surface area contributed by atoms with E-state index in [9.17, 15) is 4.79 Å². The summed E-state index contributed by atoms with van der Waals surface area (Å²) in [5.41, 5.74) is 6.07. The molecule has 0 bridgehead atoms. The number of benzene rings is 1. The number of ether oxygens (including phenoxy) is 1. The van der Waals surface area contributed by atoms with Crippen LogP contribution >= 0.6 is 11.8 Å². The summed E-state index contributed by atoms with van der Waals surface area (Å²) >= 11 is 1.88. The van der Waals surface area contributed by atoms with Gasteiger partial charge in [0, 0.05) is 24.4 Å². The Labute approximate surface area is 127 Å². The van der Waals surface area contributed by atoms with Crippen molar-refractivity contribution in [1.82, 2.24) is 4.90 Å². The predicted molar refractivity (Wildman–Crippen MR) is 83.0 cm³/mol. The highest BCUT2D eigenvalue weighted by atomic mass is 32.2. The molecule has 0 aliphatic carbocycles. The van der Waals surface area contributed by atoms with Crippen LogP contribution in [-0.2, 0) is 4.79 Å². The molecule has 6 nitrogen and oxygen atoms in total. The number of carbonyl (C=O) groups excluding carboxylic acids is 1. The summed E-state index contributed by atoms with van der Waals surface area (Å²) in [7, 11) is 0. The number of thioether (sulfide) groups is 1. The molecule has 0 aromatic heterocycles. The number of hydrogen-bond donors (Lipinski definition) is 2. The van der Waals surface area contributed by atoms with Crippen LogP contribution in [0.3, 0.4) is 0 Å². The highest BCUT2D eigenvalue weighted by molar-refractivity contribution is 7.99. The van der Waals surface area contributed by atoms with E-state index in [2.05, 4.69) is 5.16 Å². The molecule has 0 radical (unpaired) electrons. The maximum atomic E-state index is 12.1. The number of hydrogen-bond acceptors (Lipinski definition) is 5. The molecule has 1 aromatic rings. The van der Waals surface area contributed by atoms with Gasteiger partial charge in [-0.15, -0.1) is 0 Å². The van der Waals surface area contributed by atoms with E-state index < -0.39 is 0 Å². The number of nitrogens with two attached hydrogens (primary N) is 1. The molecule has 21 heavy (non-hydrogen) atoms. The number of nitrogens with zero attached hydrogens (tertiary/aromatic N) is 2. The first-order chi connectivity index (χ1) is 10.2.